The summed E-state index contributed by atoms with van der Waals surface area (Å²) in [5.74, 6) is -0.253. The molecule has 120 valence electrons. The SMILES string of the molecule is CN(Cc1ccsc1)C(=O)[C@H]1CC(=O)N(c2ccccc2Br)C1. The van der Waals surface area contributed by atoms with Crippen molar-refractivity contribution in [3.05, 3.63) is 51.1 Å². The second kappa shape index (κ2) is 6.84. The highest BCUT2D eigenvalue weighted by atomic mass is 79.9. The first-order valence-electron chi connectivity index (χ1n) is 7.37. The Kier molecular flexibility index (Phi) is 4.82. The van der Waals surface area contributed by atoms with Gasteiger partial charge in [0.1, 0.15) is 0 Å². The van der Waals surface area contributed by atoms with Crippen molar-refractivity contribution < 1.29 is 9.59 Å². The lowest BCUT2D eigenvalue weighted by Crippen LogP contribution is -2.34. The van der Waals surface area contributed by atoms with Gasteiger partial charge >= 0.3 is 0 Å². The van der Waals surface area contributed by atoms with Crippen LogP contribution in [0.1, 0.15) is 12.0 Å². The first-order valence-corrected chi connectivity index (χ1v) is 9.11. The van der Waals surface area contributed by atoms with E-state index >= 15 is 0 Å². The van der Waals surface area contributed by atoms with Crippen LogP contribution in [-0.4, -0.2) is 30.3 Å². The van der Waals surface area contributed by atoms with E-state index in [1.807, 2.05) is 41.1 Å². The average Bonchev–Trinajstić information content (AvgIpc) is 3.17. The minimum Gasteiger partial charge on any atom is -0.341 e. The number of nitrogens with zero attached hydrogens (tertiary/aromatic N) is 2. The number of anilines is 1. The number of para-hydroxylation sites is 1. The maximum atomic E-state index is 12.6. The zero-order valence-corrected chi connectivity index (χ0v) is 15.1. The highest BCUT2D eigenvalue weighted by molar-refractivity contribution is 9.10. The molecule has 4 nitrogen and oxygen atoms in total. The van der Waals surface area contributed by atoms with Crippen molar-refractivity contribution in [2.75, 3.05) is 18.5 Å². The van der Waals surface area contributed by atoms with Crippen LogP contribution < -0.4 is 4.90 Å². The number of halogens is 1. The molecule has 23 heavy (non-hydrogen) atoms. The van der Waals surface area contributed by atoms with Gasteiger partial charge < -0.3 is 9.80 Å². The number of carbonyl (C=O) groups excluding carboxylic acids is 2. The first kappa shape index (κ1) is 16.2. The number of amides is 2. The van der Waals surface area contributed by atoms with Gasteiger partial charge in [0.05, 0.1) is 11.6 Å². The van der Waals surface area contributed by atoms with Gasteiger partial charge in [-0.25, -0.2) is 0 Å². The van der Waals surface area contributed by atoms with Crippen LogP contribution in [0.5, 0.6) is 0 Å². The summed E-state index contributed by atoms with van der Waals surface area (Å²) in [6.07, 6.45) is 0.272. The first-order chi connectivity index (χ1) is 11.1. The number of benzene rings is 1. The third kappa shape index (κ3) is 3.48. The monoisotopic (exact) mass is 392 g/mol. The van der Waals surface area contributed by atoms with Gasteiger partial charge in [0.2, 0.25) is 11.8 Å². The standard InChI is InChI=1S/C17H17BrN2O2S/c1-19(9-12-6-7-23-11-12)17(22)13-8-16(21)20(10-13)15-5-3-2-4-14(15)18/h2-7,11,13H,8-10H2,1H3/t13-/m0/s1. The van der Waals surface area contributed by atoms with E-state index < -0.39 is 0 Å². The number of carbonyl (C=O) groups is 2. The van der Waals surface area contributed by atoms with Crippen LogP contribution in [0.4, 0.5) is 5.69 Å². The molecular weight excluding hydrogens is 376 g/mol. The third-order valence-corrected chi connectivity index (χ3v) is 5.40. The summed E-state index contributed by atoms with van der Waals surface area (Å²) in [5.41, 5.74) is 1.95. The van der Waals surface area contributed by atoms with Gasteiger partial charge in [-0.3, -0.25) is 9.59 Å². The Bertz CT molecular complexity index is 717. The molecule has 1 aromatic heterocycles. The van der Waals surface area contributed by atoms with Gasteiger partial charge in [0.15, 0.2) is 0 Å². The van der Waals surface area contributed by atoms with Crippen molar-refractivity contribution in [3.8, 4) is 0 Å². The zero-order valence-electron chi connectivity index (χ0n) is 12.7. The van der Waals surface area contributed by atoms with Crippen molar-refractivity contribution in [2.24, 2.45) is 5.92 Å². The van der Waals surface area contributed by atoms with Crippen molar-refractivity contribution in [1.29, 1.82) is 0 Å². The van der Waals surface area contributed by atoms with E-state index in [4.69, 9.17) is 0 Å². The van der Waals surface area contributed by atoms with Crippen LogP contribution in [0, 0.1) is 5.92 Å². The second-order valence-corrected chi connectivity index (χ2v) is 7.32. The summed E-state index contributed by atoms with van der Waals surface area (Å²) in [6.45, 7) is 1.02. The van der Waals surface area contributed by atoms with Gasteiger partial charge in [-0.1, -0.05) is 12.1 Å². The summed E-state index contributed by atoms with van der Waals surface area (Å²) >= 11 is 5.09. The van der Waals surface area contributed by atoms with E-state index in [9.17, 15) is 9.59 Å². The van der Waals surface area contributed by atoms with Crippen LogP contribution in [0.25, 0.3) is 0 Å². The van der Waals surface area contributed by atoms with Gasteiger partial charge in [-0.15, -0.1) is 0 Å². The largest absolute Gasteiger partial charge is 0.341 e. The van der Waals surface area contributed by atoms with E-state index in [-0.39, 0.29) is 24.2 Å². The van der Waals surface area contributed by atoms with Gasteiger partial charge in [-0.05, 0) is 50.5 Å². The molecule has 1 saturated heterocycles. The van der Waals surface area contributed by atoms with E-state index in [0.717, 1.165) is 15.7 Å². The molecule has 1 aromatic carbocycles. The van der Waals surface area contributed by atoms with E-state index in [0.29, 0.717) is 13.1 Å². The molecule has 1 aliphatic heterocycles. The molecule has 0 spiro atoms. The van der Waals surface area contributed by atoms with E-state index in [1.165, 1.54) is 0 Å². The molecule has 2 amide bonds. The van der Waals surface area contributed by atoms with E-state index in [1.54, 1.807) is 28.2 Å². The molecule has 3 rings (SSSR count). The lowest BCUT2D eigenvalue weighted by atomic mass is 10.1. The number of hydrogen-bond donors (Lipinski definition) is 0. The fraction of sp³-hybridized carbons (Fsp3) is 0.294. The molecule has 0 aliphatic carbocycles. The molecule has 1 atom stereocenters. The van der Waals surface area contributed by atoms with Crippen LogP contribution >= 0.6 is 27.3 Å². The third-order valence-electron chi connectivity index (χ3n) is 3.99. The van der Waals surface area contributed by atoms with Crippen LogP contribution in [0.3, 0.4) is 0 Å². The molecule has 0 unspecified atom stereocenters. The summed E-state index contributed by atoms with van der Waals surface area (Å²) in [5, 5.41) is 4.04. The summed E-state index contributed by atoms with van der Waals surface area (Å²) in [6, 6.07) is 9.61. The Balaban J connectivity index is 1.69. The number of rotatable bonds is 4. The Morgan fingerprint density at radius 2 is 2.17 bits per heavy atom. The summed E-state index contributed by atoms with van der Waals surface area (Å²) in [4.78, 5) is 28.3. The Morgan fingerprint density at radius 3 is 2.87 bits per heavy atom. The van der Waals surface area contributed by atoms with Crippen LogP contribution in [-0.2, 0) is 16.1 Å². The Morgan fingerprint density at radius 1 is 1.39 bits per heavy atom. The maximum absolute atomic E-state index is 12.6. The lowest BCUT2D eigenvalue weighted by molar-refractivity contribution is -0.135. The van der Waals surface area contributed by atoms with Gasteiger partial charge in [0, 0.05) is 31.0 Å². The zero-order chi connectivity index (χ0) is 16.4. The highest BCUT2D eigenvalue weighted by Gasteiger charge is 2.37. The minimum atomic E-state index is -0.279. The highest BCUT2D eigenvalue weighted by Crippen LogP contribution is 2.31. The molecular formula is C17H17BrN2O2S. The number of hydrogen-bond acceptors (Lipinski definition) is 3. The Labute approximate surface area is 147 Å². The smallest absolute Gasteiger partial charge is 0.228 e. The minimum absolute atomic E-state index is 0.000756. The van der Waals surface area contributed by atoms with Crippen molar-refractivity contribution >= 4 is 44.8 Å². The van der Waals surface area contributed by atoms with Gasteiger partial charge in [0.25, 0.3) is 0 Å². The Hall–Kier alpha value is -1.66. The summed E-state index contributed by atoms with van der Waals surface area (Å²) < 4.78 is 0.869. The number of thiophene rings is 1. The predicted octanol–water partition coefficient (Wildman–Crippen LogP) is 3.52. The normalized spacial score (nSPS) is 17.6. The average molecular weight is 393 g/mol. The molecule has 0 N–H and O–H groups in total. The maximum Gasteiger partial charge on any atom is 0.228 e. The topological polar surface area (TPSA) is 40.6 Å². The van der Waals surface area contributed by atoms with Crippen LogP contribution in [0.2, 0.25) is 0 Å². The molecule has 1 fully saturated rings. The predicted molar refractivity (Wildman–Crippen MR) is 95.4 cm³/mol. The fourth-order valence-corrected chi connectivity index (χ4v) is 3.98. The van der Waals surface area contributed by atoms with E-state index in [2.05, 4.69) is 15.9 Å². The molecule has 6 heteroatoms. The van der Waals surface area contributed by atoms with Crippen molar-refractivity contribution in [3.63, 3.8) is 0 Å². The van der Waals surface area contributed by atoms with Crippen molar-refractivity contribution in [2.45, 2.75) is 13.0 Å². The molecule has 2 heterocycles. The fourth-order valence-electron chi connectivity index (χ4n) is 2.82. The molecule has 0 bridgehead atoms. The van der Waals surface area contributed by atoms with Crippen LogP contribution in [0.15, 0.2) is 45.6 Å². The molecule has 1 aliphatic rings. The summed E-state index contributed by atoms with van der Waals surface area (Å²) in [7, 11) is 1.80. The molecule has 2 aromatic rings. The molecule has 0 saturated carbocycles. The quantitative estimate of drug-likeness (QED) is 0.798. The van der Waals surface area contributed by atoms with Crippen molar-refractivity contribution in [1.82, 2.24) is 4.90 Å². The molecule has 0 radical (unpaired) electrons. The lowest BCUT2D eigenvalue weighted by Gasteiger charge is -2.21. The second-order valence-electron chi connectivity index (χ2n) is 5.68. The van der Waals surface area contributed by atoms with Gasteiger partial charge in [-0.2, -0.15) is 11.3 Å².